The molecule has 11 atom stereocenters. The van der Waals surface area contributed by atoms with Crippen molar-refractivity contribution in [1.29, 1.82) is 0 Å². The molecule has 11 unspecified atom stereocenters. The third kappa shape index (κ3) is 7.54. The molecule has 46 heavy (non-hydrogen) atoms. The zero-order valence-corrected chi connectivity index (χ0v) is 29.9. The molecule has 2 heterocycles. The second-order valence-electron chi connectivity index (χ2n) is 17.4. The van der Waals surface area contributed by atoms with Gasteiger partial charge in [-0.1, -0.05) is 53.4 Å². The van der Waals surface area contributed by atoms with Crippen molar-refractivity contribution in [1.82, 2.24) is 10.2 Å². The molecule has 0 aromatic carbocycles. The van der Waals surface area contributed by atoms with Gasteiger partial charge in [-0.2, -0.15) is 0 Å². The van der Waals surface area contributed by atoms with Crippen molar-refractivity contribution in [3.63, 3.8) is 0 Å². The molecule has 4 saturated carbocycles. The lowest BCUT2D eigenvalue weighted by Gasteiger charge is -2.48. The second-order valence-corrected chi connectivity index (χ2v) is 17.4. The second kappa shape index (κ2) is 14.9. The smallest absolute Gasteiger partial charge is 0.410 e. The Bertz CT molecular complexity index is 1030. The maximum atomic E-state index is 12.9. The van der Waals surface area contributed by atoms with E-state index in [1.807, 2.05) is 4.90 Å². The molecule has 6 rings (SSSR count). The number of carbonyl (C=O) groups is 2. The van der Waals surface area contributed by atoms with E-state index in [-0.39, 0.29) is 47.9 Å². The third-order valence-electron chi connectivity index (χ3n) is 14.2. The van der Waals surface area contributed by atoms with E-state index in [2.05, 4.69) is 33.0 Å². The fourth-order valence-corrected chi connectivity index (χ4v) is 11.3. The number of fused-ring (bicyclic) bond motifs is 9. The highest BCUT2D eigenvalue weighted by molar-refractivity contribution is 5.68. The lowest BCUT2D eigenvalue weighted by molar-refractivity contribution is -0.149. The molecule has 1 N–H and O–H groups in total. The Hall–Kier alpha value is -1.50. The van der Waals surface area contributed by atoms with Crippen molar-refractivity contribution in [2.45, 2.75) is 161 Å². The van der Waals surface area contributed by atoms with Gasteiger partial charge in [0, 0.05) is 25.6 Å². The predicted molar refractivity (Wildman–Crippen MR) is 181 cm³/mol. The predicted octanol–water partition coefficient (Wildman–Crippen LogP) is 8.98. The first kappa shape index (κ1) is 34.4. The number of ether oxygens (including phenoxy) is 3. The number of nitrogens with one attached hydrogen (secondary N) is 1. The Morgan fingerprint density at radius 3 is 2.24 bits per heavy atom. The topological polar surface area (TPSA) is 77.1 Å². The highest BCUT2D eigenvalue weighted by Gasteiger charge is 2.48. The fraction of sp³-hybridized carbons (Fsp3) is 0.949. The maximum Gasteiger partial charge on any atom is 0.410 e. The van der Waals surface area contributed by atoms with E-state index in [1.165, 1.54) is 83.5 Å². The van der Waals surface area contributed by atoms with Crippen LogP contribution in [-0.4, -0.2) is 61.6 Å². The Balaban J connectivity index is 1.21. The molecule has 6 aliphatic rings. The van der Waals surface area contributed by atoms with E-state index in [0.29, 0.717) is 11.8 Å². The highest BCUT2D eigenvalue weighted by atomic mass is 16.6. The number of hydrogen-bond acceptors (Lipinski definition) is 5. The van der Waals surface area contributed by atoms with Gasteiger partial charge in [0.25, 0.3) is 0 Å². The van der Waals surface area contributed by atoms with E-state index in [1.54, 1.807) is 7.05 Å². The molecule has 2 saturated heterocycles. The molecule has 2 amide bonds. The van der Waals surface area contributed by atoms with Gasteiger partial charge in [0.05, 0.1) is 12.2 Å². The minimum atomic E-state index is -0.279. The summed E-state index contributed by atoms with van der Waals surface area (Å²) in [4.78, 5) is 27.1. The Morgan fingerprint density at radius 2 is 1.50 bits per heavy atom. The van der Waals surface area contributed by atoms with E-state index in [9.17, 15) is 9.59 Å². The number of carbonyl (C=O) groups excluding carboxylic acids is 2. The number of rotatable bonds is 4. The van der Waals surface area contributed by atoms with Crippen LogP contribution < -0.4 is 5.32 Å². The average molecular weight is 643 g/mol. The van der Waals surface area contributed by atoms with Gasteiger partial charge in [0.15, 0.2) is 0 Å². The van der Waals surface area contributed by atoms with Crippen LogP contribution in [0.1, 0.15) is 137 Å². The van der Waals surface area contributed by atoms with Gasteiger partial charge in [0.2, 0.25) is 0 Å². The van der Waals surface area contributed by atoms with Crippen molar-refractivity contribution in [3.05, 3.63) is 0 Å². The molecule has 0 aromatic rings. The molecule has 4 aliphatic carbocycles. The first-order valence-corrected chi connectivity index (χ1v) is 19.6. The van der Waals surface area contributed by atoms with Crippen LogP contribution in [0.25, 0.3) is 0 Å². The quantitative estimate of drug-likeness (QED) is 0.331. The lowest BCUT2D eigenvalue weighted by Crippen LogP contribution is -2.49. The number of hydrogen-bond donors (Lipinski definition) is 1. The first-order chi connectivity index (χ1) is 22.1. The van der Waals surface area contributed by atoms with Crippen LogP contribution in [0.15, 0.2) is 0 Å². The van der Waals surface area contributed by atoms with E-state index >= 15 is 0 Å². The number of alkyl carbamates (subject to hydrolysis) is 1. The van der Waals surface area contributed by atoms with Crippen LogP contribution in [0, 0.1) is 52.8 Å². The van der Waals surface area contributed by atoms with E-state index in [4.69, 9.17) is 14.2 Å². The Morgan fingerprint density at radius 1 is 0.783 bits per heavy atom. The number of nitrogens with zero attached hydrogens (tertiary/aromatic N) is 1. The van der Waals surface area contributed by atoms with Crippen LogP contribution >= 0.6 is 0 Å². The summed E-state index contributed by atoms with van der Waals surface area (Å²) < 4.78 is 19.4. The van der Waals surface area contributed by atoms with Crippen LogP contribution in [0.5, 0.6) is 0 Å². The molecule has 7 heteroatoms. The summed E-state index contributed by atoms with van der Waals surface area (Å²) >= 11 is 0. The van der Waals surface area contributed by atoms with Gasteiger partial charge < -0.3 is 24.4 Å². The van der Waals surface area contributed by atoms with Crippen molar-refractivity contribution < 1.29 is 23.8 Å². The van der Waals surface area contributed by atoms with Gasteiger partial charge in [-0.25, -0.2) is 9.59 Å². The van der Waals surface area contributed by atoms with Crippen LogP contribution in [-0.2, 0) is 14.2 Å². The summed E-state index contributed by atoms with van der Waals surface area (Å²) in [6.45, 7) is 10.8. The molecule has 0 aromatic heterocycles. The zero-order valence-electron chi connectivity index (χ0n) is 29.9. The Kier molecular flexibility index (Phi) is 11.2. The van der Waals surface area contributed by atoms with Gasteiger partial charge in [-0.15, -0.1) is 0 Å². The fourth-order valence-electron chi connectivity index (χ4n) is 11.3. The SMILES string of the molecule is CNC(=O)OC1CCCCC2CCC(CCC3C4CC(CCCC23)CC2CCC(C(OC(=O)N3CCC3)C(C)C)OC2C4)C1(C)C. The molecular weight excluding hydrogens is 576 g/mol. The molecular formula is C39H66N2O5. The van der Waals surface area contributed by atoms with Crippen molar-refractivity contribution >= 4 is 12.2 Å². The minimum absolute atomic E-state index is 0.00924. The monoisotopic (exact) mass is 642 g/mol. The summed E-state index contributed by atoms with van der Waals surface area (Å²) in [5, 5.41) is 2.72. The van der Waals surface area contributed by atoms with E-state index < -0.39 is 0 Å². The first-order valence-electron chi connectivity index (χ1n) is 19.6. The summed E-state index contributed by atoms with van der Waals surface area (Å²) in [6.07, 6.45) is 21.0. The highest BCUT2D eigenvalue weighted by Crippen LogP contribution is 2.54. The Labute approximate surface area is 280 Å². The van der Waals surface area contributed by atoms with Crippen LogP contribution in [0.2, 0.25) is 0 Å². The van der Waals surface area contributed by atoms with Gasteiger partial charge in [-0.3, -0.25) is 0 Å². The molecule has 4 bridgehead atoms. The number of likely N-dealkylation sites (tertiary alicyclic amines) is 1. The molecule has 0 radical (unpaired) electrons. The van der Waals surface area contributed by atoms with Gasteiger partial charge in [0.1, 0.15) is 12.2 Å². The summed E-state index contributed by atoms with van der Waals surface area (Å²) in [5.41, 5.74) is -0.0288. The molecule has 7 nitrogen and oxygen atoms in total. The summed E-state index contributed by atoms with van der Waals surface area (Å²) in [5.74, 6) is 5.43. The van der Waals surface area contributed by atoms with Crippen molar-refractivity contribution in [3.8, 4) is 0 Å². The lowest BCUT2D eigenvalue weighted by atomic mass is 9.58. The van der Waals surface area contributed by atoms with Crippen molar-refractivity contribution in [2.24, 2.45) is 52.8 Å². The maximum absolute atomic E-state index is 12.9. The zero-order chi connectivity index (χ0) is 32.4. The molecule has 2 aliphatic heterocycles. The third-order valence-corrected chi connectivity index (χ3v) is 14.2. The number of amides is 2. The molecule has 6 fully saturated rings. The summed E-state index contributed by atoms with van der Waals surface area (Å²) in [6, 6.07) is 0. The van der Waals surface area contributed by atoms with Gasteiger partial charge >= 0.3 is 12.2 Å². The van der Waals surface area contributed by atoms with Crippen LogP contribution in [0.4, 0.5) is 9.59 Å². The largest absolute Gasteiger partial charge is 0.446 e. The standard InChI is InChI=1S/C39H66N2O5/c1-25(2)36(46-38(43)41-20-9-21-41)33-19-15-28-22-26-10-8-12-31-27-11-6-7-13-35(45-37(42)40-5)39(3,4)30(16-14-27)17-18-32(31)29(23-26)24-34(28)44-33/h25-36H,6-24H2,1-5H3,(H,40,42). The van der Waals surface area contributed by atoms with Gasteiger partial charge in [-0.05, 0) is 131 Å². The molecule has 0 spiro atoms. The van der Waals surface area contributed by atoms with Crippen molar-refractivity contribution in [2.75, 3.05) is 20.1 Å². The van der Waals surface area contributed by atoms with Crippen LogP contribution in [0.3, 0.4) is 0 Å². The minimum Gasteiger partial charge on any atom is -0.446 e. The average Bonchev–Trinajstić information content (AvgIpc) is 3.16. The van der Waals surface area contributed by atoms with E-state index in [0.717, 1.165) is 68.4 Å². The molecule has 262 valence electrons. The normalized spacial score (nSPS) is 40.3. The summed E-state index contributed by atoms with van der Waals surface area (Å²) in [7, 11) is 1.68.